The predicted molar refractivity (Wildman–Crippen MR) is 206 cm³/mol. The molecule has 8 unspecified atom stereocenters. The third-order valence-electron chi connectivity index (χ3n) is 15.4. The molecule has 0 aliphatic heterocycles. The van der Waals surface area contributed by atoms with Crippen molar-refractivity contribution in [3.05, 3.63) is 174 Å². The average Bonchev–Trinajstić information content (AvgIpc) is 4.05. The van der Waals surface area contributed by atoms with Gasteiger partial charge in [-0.3, -0.25) is 9.59 Å². The molecule has 0 heterocycles. The summed E-state index contributed by atoms with van der Waals surface area (Å²) < 4.78 is 12.7. The fourth-order valence-electron chi connectivity index (χ4n) is 13.7. The van der Waals surface area contributed by atoms with Crippen molar-refractivity contribution < 1.29 is 19.1 Å². The molecular weight excluding hydrogens is 665 g/mol. The summed E-state index contributed by atoms with van der Waals surface area (Å²) in [5.41, 5.74) is 22.4. The average molecular weight is 701 g/mol. The van der Waals surface area contributed by atoms with Crippen LogP contribution in [-0.4, -0.2) is 11.9 Å². The molecule has 4 nitrogen and oxygen atoms in total. The number of benzene rings is 6. The van der Waals surface area contributed by atoms with E-state index in [2.05, 4.69) is 84.9 Å². The molecule has 0 aromatic heterocycles. The number of ether oxygens (including phenoxy) is 2. The van der Waals surface area contributed by atoms with Gasteiger partial charge in [0.15, 0.2) is 0 Å². The first-order valence-corrected chi connectivity index (χ1v) is 20.0. The van der Waals surface area contributed by atoms with E-state index in [1.807, 2.05) is 0 Å². The Labute approximate surface area is 313 Å². The summed E-state index contributed by atoms with van der Waals surface area (Å²) in [7, 11) is 0. The number of hydrogen-bond acceptors (Lipinski definition) is 4. The van der Waals surface area contributed by atoms with E-state index in [1.54, 1.807) is 0 Å². The van der Waals surface area contributed by atoms with Crippen molar-refractivity contribution in [1.29, 1.82) is 0 Å². The van der Waals surface area contributed by atoms with Gasteiger partial charge in [0, 0.05) is 83.1 Å². The Kier molecular flexibility index (Phi) is 5.05. The maximum absolute atomic E-state index is 13.0. The maximum atomic E-state index is 13.0. The number of carbonyl (C=O) groups is 2. The van der Waals surface area contributed by atoms with Crippen LogP contribution in [0.1, 0.15) is 176 Å². The van der Waals surface area contributed by atoms with Gasteiger partial charge in [-0.25, -0.2) is 0 Å². The Morgan fingerprint density at radius 1 is 0.389 bits per heavy atom. The van der Waals surface area contributed by atoms with Gasteiger partial charge in [0.25, 0.3) is 0 Å². The first-order chi connectivity index (χ1) is 26.4. The summed E-state index contributed by atoms with van der Waals surface area (Å²) in [5, 5.41) is 1.79. The smallest absolute Gasteiger partial charge is 0.308 e. The number of hydrogen-bond donors (Lipinski definition) is 0. The molecule has 0 amide bonds. The van der Waals surface area contributed by atoms with Gasteiger partial charge in [-0.15, -0.1) is 0 Å². The fraction of sp³-hybridized carbons (Fsp3) is 0.280. The second kappa shape index (κ2) is 9.41. The molecule has 0 spiro atoms. The summed E-state index contributed by atoms with van der Waals surface area (Å²) in [6.45, 7) is 3.02. The Morgan fingerprint density at radius 2 is 0.648 bits per heavy atom. The van der Waals surface area contributed by atoms with E-state index in [-0.39, 0.29) is 23.8 Å². The largest absolute Gasteiger partial charge is 0.426 e. The molecular formula is C50H36O4. The van der Waals surface area contributed by atoms with Crippen molar-refractivity contribution in [3.8, 4) is 11.5 Å². The second-order valence-electron chi connectivity index (χ2n) is 17.5. The lowest BCUT2D eigenvalue weighted by Crippen LogP contribution is -2.15. The quantitative estimate of drug-likeness (QED) is 0.133. The monoisotopic (exact) mass is 700 g/mol. The molecule has 0 saturated carbocycles. The van der Waals surface area contributed by atoms with Crippen molar-refractivity contribution >= 4 is 22.7 Å². The molecule has 260 valence electrons. The molecule has 0 radical (unpaired) electrons. The Balaban J connectivity index is 0.959. The highest BCUT2D eigenvalue weighted by atomic mass is 16.5. The van der Waals surface area contributed by atoms with Gasteiger partial charge in [0.2, 0.25) is 0 Å². The zero-order valence-corrected chi connectivity index (χ0v) is 30.2. The van der Waals surface area contributed by atoms with Crippen molar-refractivity contribution in [2.75, 3.05) is 0 Å². The van der Waals surface area contributed by atoms with Crippen LogP contribution in [0.4, 0.5) is 0 Å². The topological polar surface area (TPSA) is 52.6 Å². The molecule has 6 aromatic rings. The molecule has 8 bridgehead atoms. The van der Waals surface area contributed by atoms with Crippen LogP contribution >= 0.6 is 0 Å². The fourth-order valence-corrected chi connectivity index (χ4v) is 13.7. The molecule has 0 N–H and O–H groups in total. The lowest BCUT2D eigenvalue weighted by Gasteiger charge is -2.29. The highest BCUT2D eigenvalue weighted by Gasteiger charge is 2.51. The van der Waals surface area contributed by atoms with Gasteiger partial charge in [0.1, 0.15) is 11.5 Å². The zero-order valence-electron chi connectivity index (χ0n) is 30.2. The molecule has 8 aliphatic carbocycles. The third kappa shape index (κ3) is 3.24. The van der Waals surface area contributed by atoms with Gasteiger partial charge >= 0.3 is 11.9 Å². The van der Waals surface area contributed by atoms with Crippen LogP contribution in [0.5, 0.6) is 11.5 Å². The number of esters is 2. The summed E-state index contributed by atoms with van der Waals surface area (Å²) in [6.07, 6.45) is 4.30. The lowest BCUT2D eigenvalue weighted by atomic mass is 9.76. The SMILES string of the molecule is CC(=O)Oc1c2c(c(OC(C)=O)c3cc4c(cc13)C1CC4c3cc4c(cc31)C1CC4c3ccccc31)C1CC2c2cc3c(cc21)C1CC3c2ccccc21. The molecule has 8 aliphatic rings. The minimum absolute atomic E-state index is 0.0825. The van der Waals surface area contributed by atoms with Crippen molar-refractivity contribution in [1.82, 2.24) is 0 Å². The molecule has 54 heavy (non-hydrogen) atoms. The van der Waals surface area contributed by atoms with Gasteiger partial charge in [-0.1, -0.05) is 72.8 Å². The molecule has 6 aromatic carbocycles. The van der Waals surface area contributed by atoms with Crippen LogP contribution in [0.15, 0.2) is 84.9 Å². The van der Waals surface area contributed by atoms with Crippen molar-refractivity contribution in [2.24, 2.45) is 0 Å². The van der Waals surface area contributed by atoms with E-state index in [9.17, 15) is 9.59 Å². The molecule has 4 heteroatoms. The van der Waals surface area contributed by atoms with Gasteiger partial charge in [-0.05, 0) is 116 Å². The van der Waals surface area contributed by atoms with Crippen molar-refractivity contribution in [2.45, 2.75) is 86.9 Å². The Bertz CT molecular complexity index is 2670. The molecule has 0 saturated heterocycles. The summed E-state index contributed by atoms with van der Waals surface area (Å²) in [4.78, 5) is 26.0. The zero-order chi connectivity index (χ0) is 35.5. The molecule has 0 fully saturated rings. The lowest BCUT2D eigenvalue weighted by molar-refractivity contribution is -0.133. The van der Waals surface area contributed by atoms with Crippen LogP contribution in [0.3, 0.4) is 0 Å². The molecule has 8 atom stereocenters. The van der Waals surface area contributed by atoms with E-state index in [0.29, 0.717) is 47.0 Å². The maximum Gasteiger partial charge on any atom is 0.308 e. The number of carbonyl (C=O) groups excluding carboxylic acids is 2. The van der Waals surface area contributed by atoms with E-state index in [1.165, 1.54) is 98.2 Å². The van der Waals surface area contributed by atoms with Gasteiger partial charge in [0.05, 0.1) is 0 Å². The van der Waals surface area contributed by atoms with Crippen LogP contribution in [-0.2, 0) is 9.59 Å². The normalized spacial score (nSPS) is 27.7. The first-order valence-electron chi connectivity index (χ1n) is 20.0. The van der Waals surface area contributed by atoms with E-state index < -0.39 is 0 Å². The summed E-state index contributed by atoms with van der Waals surface area (Å²) in [6, 6.07) is 32.8. The van der Waals surface area contributed by atoms with Crippen LogP contribution < -0.4 is 9.47 Å². The first kappa shape index (κ1) is 28.9. The number of rotatable bonds is 2. The van der Waals surface area contributed by atoms with Crippen LogP contribution in [0, 0.1) is 0 Å². The van der Waals surface area contributed by atoms with E-state index >= 15 is 0 Å². The number of fused-ring (bicyclic) bond motifs is 33. The highest BCUT2D eigenvalue weighted by molar-refractivity contribution is 6.02. The molecule has 14 rings (SSSR count). The van der Waals surface area contributed by atoms with Crippen molar-refractivity contribution in [3.63, 3.8) is 0 Å². The summed E-state index contributed by atoms with van der Waals surface area (Å²) in [5.74, 6) is 3.35. The predicted octanol–water partition coefficient (Wildman–Crippen LogP) is 10.6. The minimum atomic E-state index is -0.317. The van der Waals surface area contributed by atoms with Gasteiger partial charge in [-0.2, -0.15) is 0 Å². The van der Waals surface area contributed by atoms with Crippen LogP contribution in [0.25, 0.3) is 10.8 Å². The minimum Gasteiger partial charge on any atom is -0.426 e. The van der Waals surface area contributed by atoms with E-state index in [4.69, 9.17) is 9.47 Å². The van der Waals surface area contributed by atoms with E-state index in [0.717, 1.165) is 41.2 Å². The Hall–Kier alpha value is -5.48. The third-order valence-corrected chi connectivity index (χ3v) is 15.4. The van der Waals surface area contributed by atoms with Crippen LogP contribution in [0.2, 0.25) is 0 Å². The summed E-state index contributed by atoms with van der Waals surface area (Å²) >= 11 is 0. The highest BCUT2D eigenvalue weighted by Crippen LogP contribution is 2.68. The Morgan fingerprint density at radius 3 is 0.963 bits per heavy atom. The second-order valence-corrected chi connectivity index (χ2v) is 17.5. The van der Waals surface area contributed by atoms with Gasteiger partial charge < -0.3 is 9.47 Å². The standard InChI is InChI=1S/C50H36O4/c1-21(51)53-49-45-18-39-37-15-38(36-14-32-28-11-27(31(32)13-35(36)37)23-7-3-4-8-24(23)28)40(39)19-46(45)50(54-22(2)52)48-44-20-43(47(48)49)41-16-33-29-12-30(34(33)17-42(41)44)26-10-6-5-9-25(26)29/h3-10,13-14,16-19,27-30,37-38,43-44H,11-12,15,20H2,1-2H3.